The van der Waals surface area contributed by atoms with E-state index >= 15 is 0 Å². The maximum absolute atomic E-state index is 12.5. The molecule has 0 saturated heterocycles. The zero-order valence-corrected chi connectivity index (χ0v) is 14.2. The fourth-order valence-corrected chi connectivity index (χ4v) is 2.95. The predicted molar refractivity (Wildman–Crippen MR) is 91.8 cm³/mol. The van der Waals surface area contributed by atoms with Crippen LogP contribution in [-0.2, 0) is 17.6 Å². The molecule has 0 radical (unpaired) electrons. The van der Waals surface area contributed by atoms with Gasteiger partial charge in [0, 0.05) is 5.69 Å². The van der Waals surface area contributed by atoms with E-state index in [-0.39, 0.29) is 11.5 Å². The zero-order chi connectivity index (χ0) is 16.8. The Kier molecular flexibility index (Phi) is 5.92. The minimum absolute atomic E-state index is 0.128. The molecular formula is C16H20N4O2S. The van der Waals surface area contributed by atoms with Gasteiger partial charge < -0.3 is 5.32 Å². The number of carbonyl (C=O) groups is 1. The van der Waals surface area contributed by atoms with E-state index in [1.165, 1.54) is 11.8 Å². The SMILES string of the molecule is CCc1cccc(CC)c1NC(=O)C(C)Sc1nncc(=O)[nH]1. The van der Waals surface area contributed by atoms with Crippen molar-refractivity contribution < 1.29 is 4.79 Å². The zero-order valence-electron chi connectivity index (χ0n) is 13.4. The van der Waals surface area contributed by atoms with Crippen LogP contribution in [0, 0.1) is 0 Å². The number of carbonyl (C=O) groups excluding carboxylic acids is 1. The number of hydrogen-bond acceptors (Lipinski definition) is 5. The lowest BCUT2D eigenvalue weighted by molar-refractivity contribution is -0.115. The summed E-state index contributed by atoms with van der Waals surface area (Å²) in [7, 11) is 0. The number of amides is 1. The molecule has 0 spiro atoms. The van der Waals surface area contributed by atoms with Crippen LogP contribution >= 0.6 is 11.8 Å². The largest absolute Gasteiger partial charge is 0.325 e. The number of rotatable bonds is 6. The molecular weight excluding hydrogens is 312 g/mol. The number of hydrogen-bond donors (Lipinski definition) is 2. The molecule has 2 N–H and O–H groups in total. The van der Waals surface area contributed by atoms with Gasteiger partial charge in [0.2, 0.25) is 5.91 Å². The lowest BCUT2D eigenvalue weighted by atomic mass is 10.0. The van der Waals surface area contributed by atoms with Crippen LogP contribution in [0.5, 0.6) is 0 Å². The number of nitrogens with zero attached hydrogens (tertiary/aromatic N) is 2. The first-order valence-corrected chi connectivity index (χ1v) is 8.43. The Bertz CT molecular complexity index is 723. The monoisotopic (exact) mass is 332 g/mol. The topological polar surface area (TPSA) is 87.7 Å². The Morgan fingerprint density at radius 3 is 2.52 bits per heavy atom. The second kappa shape index (κ2) is 7.92. The number of para-hydroxylation sites is 1. The molecule has 1 amide bonds. The van der Waals surface area contributed by atoms with E-state index in [1.807, 2.05) is 18.2 Å². The van der Waals surface area contributed by atoms with Gasteiger partial charge in [-0.15, -0.1) is 5.10 Å². The average molecular weight is 332 g/mol. The molecule has 0 saturated carbocycles. The molecule has 0 bridgehead atoms. The summed E-state index contributed by atoms with van der Waals surface area (Å²) in [5.74, 6) is -0.128. The molecule has 0 aliphatic carbocycles. The number of anilines is 1. The Morgan fingerprint density at radius 2 is 1.96 bits per heavy atom. The number of benzene rings is 1. The average Bonchev–Trinajstić information content (AvgIpc) is 2.54. The summed E-state index contributed by atoms with van der Waals surface area (Å²) in [5.41, 5.74) is 2.79. The van der Waals surface area contributed by atoms with Crippen LogP contribution < -0.4 is 10.9 Å². The van der Waals surface area contributed by atoms with E-state index < -0.39 is 5.25 Å². The number of nitrogens with one attached hydrogen (secondary N) is 2. The minimum atomic E-state index is -0.406. The number of H-pyrrole nitrogens is 1. The van der Waals surface area contributed by atoms with E-state index in [0.717, 1.165) is 35.9 Å². The molecule has 1 unspecified atom stereocenters. The van der Waals surface area contributed by atoms with Crippen molar-refractivity contribution in [3.8, 4) is 0 Å². The van der Waals surface area contributed by atoms with Crippen LogP contribution in [0.15, 0.2) is 34.3 Å². The molecule has 2 rings (SSSR count). The quantitative estimate of drug-likeness (QED) is 0.793. The first-order valence-electron chi connectivity index (χ1n) is 7.55. The highest BCUT2D eigenvalue weighted by atomic mass is 32.2. The molecule has 23 heavy (non-hydrogen) atoms. The van der Waals surface area contributed by atoms with Crippen molar-refractivity contribution in [3.63, 3.8) is 0 Å². The highest BCUT2D eigenvalue weighted by Crippen LogP contribution is 2.25. The lowest BCUT2D eigenvalue weighted by Gasteiger charge is -2.16. The summed E-state index contributed by atoms with van der Waals surface area (Å²) < 4.78 is 0. The third-order valence-corrected chi connectivity index (χ3v) is 4.43. The van der Waals surface area contributed by atoms with Gasteiger partial charge in [-0.25, -0.2) is 0 Å². The Morgan fingerprint density at radius 1 is 1.30 bits per heavy atom. The van der Waals surface area contributed by atoms with Gasteiger partial charge in [-0.05, 0) is 30.9 Å². The van der Waals surface area contributed by atoms with Crippen molar-refractivity contribution in [1.82, 2.24) is 15.2 Å². The van der Waals surface area contributed by atoms with E-state index in [4.69, 9.17) is 0 Å². The van der Waals surface area contributed by atoms with Crippen LogP contribution in [-0.4, -0.2) is 26.3 Å². The maximum atomic E-state index is 12.5. The molecule has 2 aromatic rings. The highest BCUT2D eigenvalue weighted by Gasteiger charge is 2.18. The van der Waals surface area contributed by atoms with Crippen LogP contribution in [0.2, 0.25) is 0 Å². The van der Waals surface area contributed by atoms with Gasteiger partial charge in [0.1, 0.15) is 6.20 Å². The molecule has 122 valence electrons. The Balaban J connectivity index is 2.14. The van der Waals surface area contributed by atoms with Crippen LogP contribution in [0.3, 0.4) is 0 Å². The van der Waals surface area contributed by atoms with Gasteiger partial charge in [-0.3, -0.25) is 14.6 Å². The fourth-order valence-electron chi connectivity index (χ4n) is 2.20. The van der Waals surface area contributed by atoms with Gasteiger partial charge in [-0.1, -0.05) is 43.8 Å². The molecule has 1 atom stereocenters. The van der Waals surface area contributed by atoms with Crippen LogP contribution in [0.4, 0.5) is 5.69 Å². The Hall–Kier alpha value is -2.15. The van der Waals surface area contributed by atoms with Crippen molar-refractivity contribution in [2.45, 2.75) is 44.0 Å². The minimum Gasteiger partial charge on any atom is -0.325 e. The number of aromatic amines is 1. The van der Waals surface area contributed by atoms with Crippen molar-refractivity contribution in [2.75, 3.05) is 5.32 Å². The molecule has 1 heterocycles. The Labute approximate surface area is 139 Å². The molecule has 6 nitrogen and oxygen atoms in total. The summed E-state index contributed by atoms with van der Waals surface area (Å²) in [6.07, 6.45) is 2.80. The van der Waals surface area contributed by atoms with Crippen molar-refractivity contribution in [1.29, 1.82) is 0 Å². The number of aryl methyl sites for hydroxylation is 2. The van der Waals surface area contributed by atoms with E-state index in [2.05, 4.69) is 34.3 Å². The van der Waals surface area contributed by atoms with Crippen molar-refractivity contribution in [3.05, 3.63) is 45.9 Å². The van der Waals surface area contributed by atoms with E-state index in [1.54, 1.807) is 6.92 Å². The molecule has 7 heteroatoms. The highest BCUT2D eigenvalue weighted by molar-refractivity contribution is 8.00. The van der Waals surface area contributed by atoms with Gasteiger partial charge in [0.15, 0.2) is 5.16 Å². The molecule has 0 aliphatic heterocycles. The van der Waals surface area contributed by atoms with Gasteiger partial charge in [0.05, 0.1) is 5.25 Å². The second-order valence-electron chi connectivity index (χ2n) is 5.05. The van der Waals surface area contributed by atoms with E-state index in [0.29, 0.717) is 5.16 Å². The normalized spacial score (nSPS) is 12.0. The first kappa shape index (κ1) is 17.2. The summed E-state index contributed by atoms with van der Waals surface area (Å²) in [6.45, 7) is 5.90. The first-order chi connectivity index (χ1) is 11.0. The third-order valence-electron chi connectivity index (χ3n) is 3.46. The molecule has 1 aromatic carbocycles. The van der Waals surface area contributed by atoms with Gasteiger partial charge >= 0.3 is 0 Å². The smallest absolute Gasteiger partial charge is 0.270 e. The molecule has 0 fully saturated rings. The van der Waals surface area contributed by atoms with E-state index in [9.17, 15) is 9.59 Å². The maximum Gasteiger partial charge on any atom is 0.270 e. The summed E-state index contributed by atoms with van der Waals surface area (Å²) in [5, 5.41) is 10.3. The van der Waals surface area contributed by atoms with Crippen molar-refractivity contribution in [2.24, 2.45) is 0 Å². The number of aromatic nitrogens is 3. The van der Waals surface area contributed by atoms with Crippen LogP contribution in [0.1, 0.15) is 31.9 Å². The second-order valence-corrected chi connectivity index (χ2v) is 6.38. The van der Waals surface area contributed by atoms with Gasteiger partial charge in [0.25, 0.3) is 5.56 Å². The lowest BCUT2D eigenvalue weighted by Crippen LogP contribution is -2.24. The standard InChI is InChI=1S/C16H20N4O2S/c1-4-11-7-6-8-12(5-2)14(11)19-15(22)10(3)23-16-18-13(21)9-17-20-16/h6-10H,4-5H2,1-3H3,(H,19,22)(H,18,20,21). The summed E-state index contributed by atoms with van der Waals surface area (Å²) in [4.78, 5) is 26.2. The van der Waals surface area contributed by atoms with Crippen LogP contribution in [0.25, 0.3) is 0 Å². The molecule has 1 aromatic heterocycles. The number of thioether (sulfide) groups is 1. The summed E-state index contributed by atoms with van der Waals surface area (Å²) in [6, 6.07) is 6.05. The predicted octanol–water partition coefficient (Wildman–Crippen LogP) is 2.41. The van der Waals surface area contributed by atoms with Crippen molar-refractivity contribution >= 4 is 23.4 Å². The fraction of sp³-hybridized carbons (Fsp3) is 0.375. The van der Waals surface area contributed by atoms with Gasteiger partial charge in [-0.2, -0.15) is 5.10 Å². The summed E-state index contributed by atoms with van der Waals surface area (Å²) >= 11 is 1.17. The third kappa shape index (κ3) is 4.41. The molecule has 0 aliphatic rings.